The second-order valence-electron chi connectivity index (χ2n) is 20.2. The maximum Gasteiger partial charge on any atom is 0.164 e. The zero-order valence-electron chi connectivity index (χ0n) is 38.5. The SMILES string of the molecule is CC(C)(C)c1ccc(N(c2ccc(C(C)(C)C)cc2)c2cc3c4c(c2)c2c5ccccc5ccc2n4-c2ccc(-c4nc(-c5ccccc5)nc(-c5ccccc5)n4)cc2C3(C)C)cc1. The van der Waals surface area contributed by atoms with Gasteiger partial charge in [0.1, 0.15) is 0 Å². The molecule has 0 radical (unpaired) electrons. The fourth-order valence-corrected chi connectivity index (χ4v) is 9.88. The minimum Gasteiger partial charge on any atom is -0.310 e. The lowest BCUT2D eigenvalue weighted by Crippen LogP contribution is -2.27. The first-order valence-corrected chi connectivity index (χ1v) is 22.8. The lowest BCUT2D eigenvalue weighted by Gasteiger charge is -2.36. The van der Waals surface area contributed by atoms with Gasteiger partial charge in [-0.25, -0.2) is 15.0 Å². The van der Waals surface area contributed by atoms with E-state index in [0.29, 0.717) is 17.5 Å². The van der Waals surface area contributed by atoms with Gasteiger partial charge in [-0.15, -0.1) is 0 Å². The molecule has 0 atom stereocenters. The van der Waals surface area contributed by atoms with Crippen LogP contribution in [0.4, 0.5) is 17.1 Å². The van der Waals surface area contributed by atoms with Gasteiger partial charge in [-0.2, -0.15) is 0 Å². The molecule has 8 aromatic carbocycles. The summed E-state index contributed by atoms with van der Waals surface area (Å²) < 4.78 is 2.51. The van der Waals surface area contributed by atoms with E-state index in [1.165, 1.54) is 60.5 Å². The Bertz CT molecular complexity index is 3330. The van der Waals surface area contributed by atoms with Crippen LogP contribution >= 0.6 is 0 Å². The van der Waals surface area contributed by atoms with Crippen molar-refractivity contribution in [1.29, 1.82) is 0 Å². The van der Waals surface area contributed by atoms with Crippen LogP contribution in [0.1, 0.15) is 77.6 Å². The number of nitrogens with zero attached hydrogens (tertiary/aromatic N) is 5. The van der Waals surface area contributed by atoms with Crippen LogP contribution < -0.4 is 4.90 Å². The molecule has 0 aliphatic carbocycles. The molecule has 2 aromatic heterocycles. The molecule has 10 aromatic rings. The van der Waals surface area contributed by atoms with Crippen LogP contribution in [0.25, 0.3) is 72.4 Å². The van der Waals surface area contributed by atoms with Crippen molar-refractivity contribution in [3.63, 3.8) is 0 Å². The second kappa shape index (κ2) is 14.9. The van der Waals surface area contributed by atoms with Gasteiger partial charge in [0, 0.05) is 49.9 Å². The Labute approximate surface area is 382 Å². The van der Waals surface area contributed by atoms with E-state index in [1.54, 1.807) is 0 Å². The van der Waals surface area contributed by atoms with Gasteiger partial charge in [0.05, 0.1) is 16.7 Å². The minimum atomic E-state index is -0.421. The molecule has 0 unspecified atom stereocenters. The Morgan fingerprint density at radius 2 is 0.969 bits per heavy atom. The summed E-state index contributed by atoms with van der Waals surface area (Å²) >= 11 is 0. The Morgan fingerprint density at radius 3 is 1.52 bits per heavy atom. The fraction of sp³-hybridized carbons (Fsp3) is 0.183. The van der Waals surface area contributed by atoms with Crippen molar-refractivity contribution in [2.75, 3.05) is 4.90 Å². The number of hydrogen-bond acceptors (Lipinski definition) is 4. The van der Waals surface area contributed by atoms with E-state index in [-0.39, 0.29) is 10.8 Å². The molecule has 0 saturated heterocycles. The van der Waals surface area contributed by atoms with E-state index in [1.807, 2.05) is 36.4 Å². The predicted octanol–water partition coefficient (Wildman–Crippen LogP) is 15.8. The maximum absolute atomic E-state index is 5.16. The third kappa shape index (κ3) is 6.80. The Kier molecular flexibility index (Phi) is 9.23. The monoisotopic (exact) mass is 843 g/mol. The van der Waals surface area contributed by atoms with E-state index >= 15 is 0 Å². The number of benzene rings is 8. The smallest absolute Gasteiger partial charge is 0.164 e. The van der Waals surface area contributed by atoms with Gasteiger partial charge in [0.15, 0.2) is 17.5 Å². The van der Waals surface area contributed by atoms with E-state index in [9.17, 15) is 0 Å². The summed E-state index contributed by atoms with van der Waals surface area (Å²) in [6.45, 7) is 18.4. The molecule has 0 saturated carbocycles. The van der Waals surface area contributed by atoms with Crippen LogP contribution in [-0.4, -0.2) is 19.5 Å². The molecule has 318 valence electrons. The summed E-state index contributed by atoms with van der Waals surface area (Å²) in [5, 5.41) is 4.98. The molecule has 65 heavy (non-hydrogen) atoms. The van der Waals surface area contributed by atoms with Crippen LogP contribution in [0.2, 0.25) is 0 Å². The summed E-state index contributed by atoms with van der Waals surface area (Å²) in [4.78, 5) is 17.8. The summed E-state index contributed by atoms with van der Waals surface area (Å²) in [7, 11) is 0. The average Bonchev–Trinajstić information content (AvgIpc) is 3.66. The van der Waals surface area contributed by atoms with Crippen LogP contribution in [0.15, 0.2) is 176 Å². The van der Waals surface area contributed by atoms with Crippen LogP contribution in [0, 0.1) is 0 Å². The number of fused-ring (bicyclic) bond motifs is 7. The molecule has 5 nitrogen and oxygen atoms in total. The highest BCUT2D eigenvalue weighted by atomic mass is 15.1. The third-order valence-corrected chi connectivity index (χ3v) is 13.5. The molecule has 0 fully saturated rings. The molecule has 0 spiro atoms. The molecule has 0 amide bonds. The third-order valence-electron chi connectivity index (χ3n) is 13.5. The van der Waals surface area contributed by atoms with Gasteiger partial charge in [-0.1, -0.05) is 171 Å². The normalized spacial score (nSPS) is 13.4. The highest BCUT2D eigenvalue weighted by Crippen LogP contribution is 2.52. The minimum absolute atomic E-state index is 0.0352. The summed E-state index contributed by atoms with van der Waals surface area (Å²) in [6.07, 6.45) is 0. The van der Waals surface area contributed by atoms with Gasteiger partial charge in [-0.3, -0.25) is 0 Å². The van der Waals surface area contributed by atoms with Crippen molar-refractivity contribution in [3.05, 3.63) is 198 Å². The Morgan fingerprint density at radius 1 is 0.446 bits per heavy atom. The quantitative estimate of drug-likeness (QED) is 0.167. The molecular formula is C60H53N5. The van der Waals surface area contributed by atoms with E-state index < -0.39 is 5.41 Å². The highest BCUT2D eigenvalue weighted by molar-refractivity contribution is 6.23. The summed E-state index contributed by atoms with van der Waals surface area (Å²) in [5.74, 6) is 1.95. The van der Waals surface area contributed by atoms with Gasteiger partial charge >= 0.3 is 0 Å². The fourth-order valence-electron chi connectivity index (χ4n) is 9.88. The van der Waals surface area contributed by atoms with Crippen molar-refractivity contribution < 1.29 is 0 Å². The van der Waals surface area contributed by atoms with Crippen molar-refractivity contribution >= 4 is 49.6 Å². The number of hydrogen-bond donors (Lipinski definition) is 0. The average molecular weight is 844 g/mol. The standard InChI is InChI=1S/C60H53N5/c1-58(2,3)42-25-29-44(30-26-42)64(45-31-27-43(28-32-45)59(4,5)6)46-36-48-53-47-22-16-15-17-38(47)23-34-52(53)65-51-33-24-41(35-49(51)60(7,8)50(37-46)54(48)65)57-62-55(39-18-11-9-12-19-39)61-56(63-57)40-20-13-10-14-21-40/h9-37H,1-8H3. The summed E-state index contributed by atoms with van der Waals surface area (Å²) in [6, 6.07) is 63.9. The van der Waals surface area contributed by atoms with E-state index in [2.05, 4.69) is 204 Å². The first kappa shape index (κ1) is 40.4. The number of aromatic nitrogens is 4. The summed E-state index contributed by atoms with van der Waals surface area (Å²) in [5.41, 5.74) is 14.6. The van der Waals surface area contributed by atoms with Crippen LogP contribution in [-0.2, 0) is 16.2 Å². The van der Waals surface area contributed by atoms with Crippen molar-refractivity contribution in [1.82, 2.24) is 19.5 Å². The first-order valence-electron chi connectivity index (χ1n) is 22.8. The largest absolute Gasteiger partial charge is 0.310 e. The predicted molar refractivity (Wildman–Crippen MR) is 272 cm³/mol. The second-order valence-corrected chi connectivity index (χ2v) is 20.2. The molecule has 0 bridgehead atoms. The molecule has 11 rings (SSSR count). The number of rotatable bonds is 6. The van der Waals surface area contributed by atoms with Gasteiger partial charge in [0.25, 0.3) is 0 Å². The molecule has 5 heteroatoms. The Hall–Kier alpha value is -7.37. The van der Waals surface area contributed by atoms with Crippen molar-refractivity contribution in [2.45, 2.75) is 71.6 Å². The molecular weight excluding hydrogens is 791 g/mol. The van der Waals surface area contributed by atoms with Crippen molar-refractivity contribution in [2.24, 2.45) is 0 Å². The van der Waals surface area contributed by atoms with E-state index in [0.717, 1.165) is 33.8 Å². The van der Waals surface area contributed by atoms with Crippen LogP contribution in [0.5, 0.6) is 0 Å². The lowest BCUT2D eigenvalue weighted by molar-refractivity contribution is 0.590. The molecule has 3 heterocycles. The Balaban J connectivity index is 1.17. The molecule has 0 N–H and O–H groups in total. The van der Waals surface area contributed by atoms with Gasteiger partial charge in [0.2, 0.25) is 0 Å². The molecule has 1 aliphatic heterocycles. The van der Waals surface area contributed by atoms with Crippen molar-refractivity contribution in [3.8, 4) is 39.9 Å². The zero-order chi connectivity index (χ0) is 44.8. The first-order chi connectivity index (χ1) is 31.2. The topological polar surface area (TPSA) is 46.8 Å². The van der Waals surface area contributed by atoms with Gasteiger partial charge in [-0.05, 0) is 105 Å². The highest BCUT2D eigenvalue weighted by Gasteiger charge is 2.37. The van der Waals surface area contributed by atoms with Gasteiger partial charge < -0.3 is 9.47 Å². The maximum atomic E-state index is 5.16. The van der Waals surface area contributed by atoms with Crippen LogP contribution in [0.3, 0.4) is 0 Å². The van der Waals surface area contributed by atoms with E-state index in [4.69, 9.17) is 15.0 Å². The zero-order valence-corrected chi connectivity index (χ0v) is 38.5. The lowest BCUT2D eigenvalue weighted by atomic mass is 9.74. The molecule has 1 aliphatic rings. The number of anilines is 3.